The van der Waals surface area contributed by atoms with Crippen molar-refractivity contribution < 1.29 is 13.2 Å². The Kier molecular flexibility index (Phi) is 4.34. The Hall–Kier alpha value is -2.15. The molecule has 0 bridgehead atoms. The minimum Gasteiger partial charge on any atom is -0.353 e. The van der Waals surface area contributed by atoms with E-state index in [1.165, 1.54) is 18.3 Å². The fourth-order valence-corrected chi connectivity index (χ4v) is 4.16. The Balaban J connectivity index is 1.54. The van der Waals surface area contributed by atoms with Crippen LogP contribution in [0.3, 0.4) is 0 Å². The average molecular weight is 362 g/mol. The number of anilines is 1. The van der Waals surface area contributed by atoms with Crippen molar-refractivity contribution in [2.45, 2.75) is 25.3 Å². The number of nitrogens with zero attached hydrogens (tertiary/aromatic N) is 4. The second-order valence-corrected chi connectivity index (χ2v) is 7.28. The van der Waals surface area contributed by atoms with E-state index in [0.717, 1.165) is 5.56 Å². The van der Waals surface area contributed by atoms with Crippen molar-refractivity contribution in [2.75, 3.05) is 31.1 Å². The molecule has 2 aliphatic rings. The van der Waals surface area contributed by atoms with Crippen LogP contribution >= 0.6 is 0 Å². The molecule has 0 amide bonds. The van der Waals surface area contributed by atoms with Gasteiger partial charge in [-0.2, -0.15) is 0 Å². The van der Waals surface area contributed by atoms with Crippen molar-refractivity contribution in [1.29, 1.82) is 0 Å². The standard InChI is InChI=1S/C19H21F3N4/c20-16-2-1-7-24-17(16)26-11-5-18(14-26)13-25(10-6-19(18,21)22)12-15-3-8-23-9-4-15/h1-4,7-9H,5-6,10-14H2/t18-/m1/s1. The second kappa shape index (κ2) is 6.54. The minimum atomic E-state index is -2.76. The zero-order valence-corrected chi connectivity index (χ0v) is 14.4. The zero-order valence-electron chi connectivity index (χ0n) is 14.4. The summed E-state index contributed by atoms with van der Waals surface area (Å²) in [5.41, 5.74) is -0.103. The van der Waals surface area contributed by atoms with Crippen LogP contribution in [0, 0.1) is 11.2 Å². The van der Waals surface area contributed by atoms with Gasteiger partial charge in [0.25, 0.3) is 5.92 Å². The van der Waals surface area contributed by atoms with Crippen LogP contribution in [0.1, 0.15) is 18.4 Å². The van der Waals surface area contributed by atoms with Gasteiger partial charge in [0.05, 0.1) is 5.41 Å². The fourth-order valence-electron chi connectivity index (χ4n) is 4.16. The molecule has 2 saturated heterocycles. The van der Waals surface area contributed by atoms with Gasteiger partial charge in [-0.1, -0.05) is 0 Å². The summed E-state index contributed by atoms with van der Waals surface area (Å²) in [4.78, 5) is 11.8. The molecule has 0 aliphatic carbocycles. The molecule has 4 nitrogen and oxygen atoms in total. The number of halogens is 3. The predicted molar refractivity (Wildman–Crippen MR) is 92.5 cm³/mol. The van der Waals surface area contributed by atoms with Gasteiger partial charge in [-0.15, -0.1) is 0 Å². The molecule has 0 radical (unpaired) electrons. The maximum Gasteiger partial charge on any atom is 0.257 e. The highest BCUT2D eigenvalue weighted by molar-refractivity contribution is 5.42. The molecule has 7 heteroatoms. The van der Waals surface area contributed by atoms with Crippen molar-refractivity contribution >= 4 is 5.82 Å². The lowest BCUT2D eigenvalue weighted by Gasteiger charge is -2.46. The van der Waals surface area contributed by atoms with Crippen LogP contribution in [0.4, 0.5) is 19.0 Å². The summed E-state index contributed by atoms with van der Waals surface area (Å²) in [7, 11) is 0. The smallest absolute Gasteiger partial charge is 0.257 e. The normalized spacial score (nSPS) is 25.7. The molecular formula is C19H21F3N4. The van der Waals surface area contributed by atoms with E-state index >= 15 is 0 Å². The van der Waals surface area contributed by atoms with Gasteiger partial charge >= 0.3 is 0 Å². The van der Waals surface area contributed by atoms with E-state index in [9.17, 15) is 13.2 Å². The van der Waals surface area contributed by atoms with Gasteiger partial charge in [0.2, 0.25) is 0 Å². The quantitative estimate of drug-likeness (QED) is 0.838. The number of hydrogen-bond donors (Lipinski definition) is 0. The first kappa shape index (κ1) is 17.3. The molecule has 0 saturated carbocycles. The fraction of sp³-hybridized carbons (Fsp3) is 0.474. The molecule has 1 spiro atoms. The van der Waals surface area contributed by atoms with E-state index in [4.69, 9.17) is 0 Å². The number of rotatable bonds is 3. The van der Waals surface area contributed by atoms with Crippen LogP contribution in [0.2, 0.25) is 0 Å². The molecule has 4 rings (SSSR count). The third kappa shape index (κ3) is 3.05. The third-order valence-corrected chi connectivity index (χ3v) is 5.59. The summed E-state index contributed by atoms with van der Waals surface area (Å²) in [5, 5.41) is 0. The number of alkyl halides is 2. The van der Waals surface area contributed by atoms with Crippen LogP contribution in [0.5, 0.6) is 0 Å². The van der Waals surface area contributed by atoms with Crippen LogP contribution in [-0.4, -0.2) is 47.0 Å². The maximum atomic E-state index is 14.9. The number of aromatic nitrogens is 2. The van der Waals surface area contributed by atoms with Crippen molar-refractivity contribution in [1.82, 2.24) is 14.9 Å². The Morgan fingerprint density at radius 3 is 2.58 bits per heavy atom. The molecule has 0 N–H and O–H groups in total. The molecule has 2 fully saturated rings. The summed E-state index contributed by atoms with van der Waals surface area (Å²) < 4.78 is 43.8. The van der Waals surface area contributed by atoms with Crippen molar-refractivity contribution in [2.24, 2.45) is 5.41 Å². The lowest BCUT2D eigenvalue weighted by atomic mass is 9.75. The van der Waals surface area contributed by atoms with E-state index in [-0.39, 0.29) is 18.8 Å². The van der Waals surface area contributed by atoms with Crippen LogP contribution in [0.15, 0.2) is 42.9 Å². The van der Waals surface area contributed by atoms with Gasteiger partial charge in [-0.25, -0.2) is 18.2 Å². The van der Waals surface area contributed by atoms with E-state index in [1.54, 1.807) is 17.3 Å². The molecule has 4 heterocycles. The molecule has 0 aromatic carbocycles. The number of likely N-dealkylation sites (tertiary alicyclic amines) is 1. The molecular weight excluding hydrogens is 341 g/mol. The van der Waals surface area contributed by atoms with Crippen molar-refractivity contribution in [3.8, 4) is 0 Å². The molecule has 0 unspecified atom stereocenters. The second-order valence-electron chi connectivity index (χ2n) is 7.28. The average Bonchev–Trinajstić information content (AvgIpc) is 3.05. The van der Waals surface area contributed by atoms with Gasteiger partial charge in [0.1, 0.15) is 0 Å². The highest BCUT2D eigenvalue weighted by Crippen LogP contribution is 2.50. The molecule has 1 atom stereocenters. The molecule has 138 valence electrons. The number of pyridine rings is 2. The van der Waals surface area contributed by atoms with Gasteiger partial charge in [-0.3, -0.25) is 9.88 Å². The first-order valence-electron chi connectivity index (χ1n) is 8.84. The zero-order chi connectivity index (χ0) is 18.2. The van der Waals surface area contributed by atoms with E-state index in [1.807, 2.05) is 12.1 Å². The van der Waals surface area contributed by atoms with E-state index < -0.39 is 17.2 Å². The number of hydrogen-bond acceptors (Lipinski definition) is 4. The molecule has 2 aromatic heterocycles. The van der Waals surface area contributed by atoms with Gasteiger partial charge in [0.15, 0.2) is 11.6 Å². The first-order chi connectivity index (χ1) is 12.5. The SMILES string of the molecule is Fc1cccnc1N1CC[C@@]2(CN(Cc3ccncc3)CCC2(F)F)C1. The Morgan fingerprint density at radius 1 is 1.00 bits per heavy atom. The van der Waals surface area contributed by atoms with Gasteiger partial charge in [-0.05, 0) is 36.2 Å². The Bertz CT molecular complexity index is 770. The van der Waals surface area contributed by atoms with Gasteiger partial charge < -0.3 is 4.90 Å². The first-order valence-corrected chi connectivity index (χ1v) is 8.84. The number of piperidine rings is 1. The van der Waals surface area contributed by atoms with E-state index in [0.29, 0.717) is 32.6 Å². The Labute approximate surface area is 150 Å². The van der Waals surface area contributed by atoms with Crippen molar-refractivity contribution in [3.63, 3.8) is 0 Å². The van der Waals surface area contributed by atoms with Crippen molar-refractivity contribution in [3.05, 3.63) is 54.2 Å². The summed E-state index contributed by atoms with van der Waals surface area (Å²) in [5.74, 6) is -3.05. The monoisotopic (exact) mass is 362 g/mol. The summed E-state index contributed by atoms with van der Waals surface area (Å²) in [6.07, 6.45) is 5.09. The minimum absolute atomic E-state index is 0.126. The summed E-state index contributed by atoms with van der Waals surface area (Å²) in [6.45, 7) is 1.80. The van der Waals surface area contributed by atoms with Crippen LogP contribution < -0.4 is 4.90 Å². The summed E-state index contributed by atoms with van der Waals surface area (Å²) >= 11 is 0. The lowest BCUT2D eigenvalue weighted by molar-refractivity contribution is -0.158. The lowest BCUT2D eigenvalue weighted by Crippen LogP contribution is -2.56. The van der Waals surface area contributed by atoms with Crippen LogP contribution in [0.25, 0.3) is 0 Å². The third-order valence-electron chi connectivity index (χ3n) is 5.59. The highest BCUT2D eigenvalue weighted by Gasteiger charge is 2.59. The maximum absolute atomic E-state index is 14.9. The molecule has 2 aliphatic heterocycles. The van der Waals surface area contributed by atoms with Gasteiger partial charge in [0, 0.05) is 57.7 Å². The largest absolute Gasteiger partial charge is 0.353 e. The summed E-state index contributed by atoms with van der Waals surface area (Å²) in [6, 6.07) is 6.64. The highest BCUT2D eigenvalue weighted by atomic mass is 19.3. The predicted octanol–water partition coefficient (Wildman–Crippen LogP) is 3.35. The van der Waals surface area contributed by atoms with Crippen LogP contribution in [-0.2, 0) is 6.54 Å². The topological polar surface area (TPSA) is 32.3 Å². The molecule has 2 aromatic rings. The molecule has 26 heavy (non-hydrogen) atoms. The van der Waals surface area contributed by atoms with E-state index in [2.05, 4.69) is 14.9 Å². The Morgan fingerprint density at radius 2 is 1.81 bits per heavy atom.